The predicted octanol–water partition coefficient (Wildman–Crippen LogP) is 2.93. The van der Waals surface area contributed by atoms with E-state index in [1.165, 1.54) is 13.0 Å². The van der Waals surface area contributed by atoms with Crippen LogP contribution in [0, 0.1) is 39.9 Å². The lowest BCUT2D eigenvalue weighted by atomic mass is 9.39. The van der Waals surface area contributed by atoms with Gasteiger partial charge in [0.15, 0.2) is 0 Å². The number of ether oxygens (including phenoxy) is 2. The fourth-order valence-electron chi connectivity index (χ4n) is 11.0. The van der Waals surface area contributed by atoms with Gasteiger partial charge < -0.3 is 9.47 Å². The Labute approximate surface area is 172 Å². The molecule has 0 N–H and O–H groups in total. The second-order valence-electron chi connectivity index (χ2n) is 11.7. The molecular formula is C24H31NO4. The number of carbonyl (C=O) groups is 2. The zero-order chi connectivity index (χ0) is 20.1. The van der Waals surface area contributed by atoms with E-state index in [2.05, 4.69) is 18.4 Å². The maximum atomic E-state index is 12.1. The van der Waals surface area contributed by atoms with Crippen LogP contribution in [-0.4, -0.2) is 47.7 Å². The standard InChI is InChI=1S/C24H31NO4/c1-11-14-7-15-20-24-17(8-14)23(15,21(11)29-13(3)27)9-16-19(24)22(4,10-25(16)20)6-5-18(24)28-12(2)26/h14-21H,1,5-10H2,2-4H3/t14-,15?,16-,17+,18+,19+,20?,21+,22-,23+,24-/m0/s1. The highest BCUT2D eigenvalue weighted by Gasteiger charge is 2.90. The molecule has 3 unspecified atom stereocenters. The third-order valence-electron chi connectivity index (χ3n) is 10.9. The number of esters is 2. The Hall–Kier alpha value is -1.36. The number of hydrogen-bond acceptors (Lipinski definition) is 5. The van der Waals surface area contributed by atoms with E-state index in [9.17, 15) is 9.59 Å². The molecule has 29 heavy (non-hydrogen) atoms. The van der Waals surface area contributed by atoms with Crippen molar-refractivity contribution < 1.29 is 19.1 Å². The summed E-state index contributed by atoms with van der Waals surface area (Å²) >= 11 is 0. The third-order valence-corrected chi connectivity index (χ3v) is 10.9. The normalized spacial score (nSPS) is 61.9. The summed E-state index contributed by atoms with van der Waals surface area (Å²) in [6.07, 6.45) is 5.50. The van der Waals surface area contributed by atoms with E-state index in [1.807, 2.05) is 0 Å². The first-order chi connectivity index (χ1) is 13.7. The van der Waals surface area contributed by atoms with Gasteiger partial charge in [-0.2, -0.15) is 0 Å². The maximum absolute atomic E-state index is 12.1. The molecular weight excluding hydrogens is 366 g/mol. The highest BCUT2D eigenvalue weighted by molar-refractivity contribution is 5.67. The van der Waals surface area contributed by atoms with Gasteiger partial charge in [0.2, 0.25) is 0 Å². The van der Waals surface area contributed by atoms with Crippen LogP contribution in [0.2, 0.25) is 0 Å². The second kappa shape index (κ2) is 4.76. The monoisotopic (exact) mass is 397 g/mol. The number of fused-ring (bicyclic) bond motifs is 1. The molecule has 3 saturated heterocycles. The van der Waals surface area contributed by atoms with E-state index < -0.39 is 0 Å². The summed E-state index contributed by atoms with van der Waals surface area (Å²) in [4.78, 5) is 27.1. The number of rotatable bonds is 2. The number of hydrogen-bond donors (Lipinski definition) is 0. The molecule has 0 amide bonds. The van der Waals surface area contributed by atoms with Crippen LogP contribution in [0.1, 0.15) is 52.9 Å². The molecule has 9 aliphatic rings. The molecule has 5 heteroatoms. The maximum Gasteiger partial charge on any atom is 0.303 e. The lowest BCUT2D eigenvalue weighted by Crippen LogP contribution is -2.66. The first-order valence-electron chi connectivity index (χ1n) is 11.5. The number of piperidine rings is 2. The predicted molar refractivity (Wildman–Crippen MR) is 105 cm³/mol. The van der Waals surface area contributed by atoms with Gasteiger partial charge in [-0.25, -0.2) is 0 Å². The van der Waals surface area contributed by atoms with Crippen LogP contribution in [0.15, 0.2) is 12.2 Å². The van der Waals surface area contributed by atoms with Crippen LogP contribution in [-0.2, 0) is 19.1 Å². The van der Waals surface area contributed by atoms with Gasteiger partial charge in [0.25, 0.3) is 0 Å². The van der Waals surface area contributed by atoms with Crippen molar-refractivity contribution in [3.63, 3.8) is 0 Å². The van der Waals surface area contributed by atoms with Crippen molar-refractivity contribution in [2.45, 2.75) is 77.2 Å². The van der Waals surface area contributed by atoms with Gasteiger partial charge in [-0.3, -0.25) is 14.5 Å². The smallest absolute Gasteiger partial charge is 0.303 e. The van der Waals surface area contributed by atoms with Gasteiger partial charge in [0.1, 0.15) is 12.2 Å². The summed E-state index contributed by atoms with van der Waals surface area (Å²) < 4.78 is 12.2. The first kappa shape index (κ1) is 17.3. The van der Waals surface area contributed by atoms with Gasteiger partial charge in [-0.05, 0) is 66.8 Å². The highest BCUT2D eigenvalue weighted by atomic mass is 16.5. The van der Waals surface area contributed by atoms with Crippen LogP contribution >= 0.6 is 0 Å². The van der Waals surface area contributed by atoms with E-state index in [0.717, 1.165) is 31.3 Å². The molecule has 9 fully saturated rings. The summed E-state index contributed by atoms with van der Waals surface area (Å²) in [5, 5.41) is 0. The largest absolute Gasteiger partial charge is 0.462 e. The Morgan fingerprint density at radius 1 is 1.17 bits per heavy atom. The van der Waals surface area contributed by atoms with Crippen molar-refractivity contribution in [1.29, 1.82) is 0 Å². The molecule has 3 aliphatic heterocycles. The van der Waals surface area contributed by atoms with Crippen molar-refractivity contribution in [2.75, 3.05) is 6.54 Å². The Morgan fingerprint density at radius 3 is 2.66 bits per heavy atom. The second-order valence-corrected chi connectivity index (χ2v) is 11.7. The average Bonchev–Trinajstić information content (AvgIpc) is 3.05. The molecule has 6 saturated carbocycles. The zero-order valence-corrected chi connectivity index (χ0v) is 17.6. The lowest BCUT2D eigenvalue weighted by Gasteiger charge is -2.65. The van der Waals surface area contributed by atoms with Crippen molar-refractivity contribution in [3.05, 3.63) is 12.2 Å². The van der Waals surface area contributed by atoms with Gasteiger partial charge >= 0.3 is 11.9 Å². The Balaban J connectivity index is 1.45. The SMILES string of the molecule is C=C1[C@H]2CC3C4N5C[C@]6(C)CC[C@@H](OC(C)=O)[C@@]47[C@@H]6[C@@H]5C[C@]3([C@@H]1OC(C)=O)[C@H]7C2. The van der Waals surface area contributed by atoms with Crippen molar-refractivity contribution in [1.82, 2.24) is 4.90 Å². The summed E-state index contributed by atoms with van der Waals surface area (Å²) in [5.41, 5.74) is 1.57. The van der Waals surface area contributed by atoms with Crippen LogP contribution < -0.4 is 0 Å². The van der Waals surface area contributed by atoms with Crippen LogP contribution in [0.4, 0.5) is 0 Å². The van der Waals surface area contributed by atoms with Crippen molar-refractivity contribution in [3.8, 4) is 0 Å². The number of carbonyl (C=O) groups excluding carboxylic acids is 2. The van der Waals surface area contributed by atoms with E-state index in [1.54, 1.807) is 13.8 Å². The summed E-state index contributed by atoms with van der Waals surface area (Å²) in [6.45, 7) is 11.3. The van der Waals surface area contributed by atoms with Crippen LogP contribution in [0.5, 0.6) is 0 Å². The fraction of sp³-hybridized carbons (Fsp3) is 0.833. The topological polar surface area (TPSA) is 55.8 Å². The van der Waals surface area contributed by atoms with Gasteiger partial charge in [0, 0.05) is 43.3 Å². The lowest BCUT2D eigenvalue weighted by molar-refractivity contribution is -0.213. The summed E-state index contributed by atoms with van der Waals surface area (Å²) in [7, 11) is 0. The van der Waals surface area contributed by atoms with Crippen molar-refractivity contribution in [2.24, 2.45) is 39.9 Å². The van der Waals surface area contributed by atoms with Crippen LogP contribution in [0.3, 0.4) is 0 Å². The Bertz CT molecular complexity index is 884. The van der Waals surface area contributed by atoms with Crippen molar-refractivity contribution >= 4 is 11.9 Å². The highest BCUT2D eigenvalue weighted by Crippen LogP contribution is 2.87. The molecule has 0 aromatic heterocycles. The van der Waals surface area contributed by atoms with E-state index >= 15 is 0 Å². The summed E-state index contributed by atoms with van der Waals surface area (Å²) in [6, 6.07) is 1.04. The van der Waals surface area contributed by atoms with E-state index in [4.69, 9.17) is 9.47 Å². The fourth-order valence-corrected chi connectivity index (χ4v) is 11.0. The average molecular weight is 398 g/mol. The number of nitrogens with zero attached hydrogens (tertiary/aromatic N) is 1. The van der Waals surface area contributed by atoms with E-state index in [-0.39, 0.29) is 35.0 Å². The zero-order valence-electron chi connectivity index (χ0n) is 17.6. The Kier molecular flexibility index (Phi) is 2.85. The minimum atomic E-state index is -0.181. The first-order valence-corrected chi connectivity index (χ1v) is 11.5. The minimum absolute atomic E-state index is 0.0147. The molecule has 2 spiro atoms. The quantitative estimate of drug-likeness (QED) is 0.530. The van der Waals surface area contributed by atoms with Crippen LogP contribution in [0.25, 0.3) is 0 Å². The Morgan fingerprint density at radius 2 is 1.93 bits per heavy atom. The molecule has 0 aromatic rings. The van der Waals surface area contributed by atoms with Gasteiger partial charge in [-0.1, -0.05) is 13.5 Å². The van der Waals surface area contributed by atoms with E-state index in [0.29, 0.717) is 41.2 Å². The molecule has 9 rings (SSSR count). The van der Waals surface area contributed by atoms with Gasteiger partial charge in [0.05, 0.1) is 0 Å². The minimum Gasteiger partial charge on any atom is -0.462 e. The third kappa shape index (κ3) is 1.54. The molecule has 3 heterocycles. The molecule has 0 radical (unpaired) electrons. The molecule has 6 aliphatic carbocycles. The molecule has 12 atom stereocenters. The molecule has 9 bridgehead atoms. The van der Waals surface area contributed by atoms with Gasteiger partial charge in [-0.15, -0.1) is 0 Å². The molecule has 0 aromatic carbocycles. The molecule has 156 valence electrons. The molecule has 5 nitrogen and oxygen atoms in total. The summed E-state index contributed by atoms with van der Waals surface area (Å²) in [5.74, 6) is 1.77.